The molecule has 0 radical (unpaired) electrons. The fourth-order valence-corrected chi connectivity index (χ4v) is 2.88. The number of sulfonamides is 1. The molecule has 5 nitrogen and oxygen atoms in total. The highest BCUT2D eigenvalue weighted by Crippen LogP contribution is 2.13. The van der Waals surface area contributed by atoms with Crippen LogP contribution in [0.5, 0.6) is 0 Å². The van der Waals surface area contributed by atoms with Crippen molar-refractivity contribution >= 4 is 21.5 Å². The number of rotatable bonds is 6. The molecule has 0 aliphatic rings. The Hall–Kier alpha value is -2.21. The molecule has 0 saturated heterocycles. The monoisotopic (exact) mass is 304 g/mol. The van der Waals surface area contributed by atoms with Gasteiger partial charge in [0.1, 0.15) is 0 Å². The predicted molar refractivity (Wildman–Crippen MR) is 81.8 cm³/mol. The fourth-order valence-electron chi connectivity index (χ4n) is 1.82. The summed E-state index contributed by atoms with van der Waals surface area (Å²) in [6, 6.07) is 11.8. The first-order chi connectivity index (χ1) is 9.96. The molecule has 1 N–H and O–H groups in total. The van der Waals surface area contributed by atoms with Crippen LogP contribution in [0.25, 0.3) is 0 Å². The summed E-state index contributed by atoms with van der Waals surface area (Å²) in [5, 5.41) is 0. The van der Waals surface area contributed by atoms with Gasteiger partial charge in [0, 0.05) is 29.6 Å². The smallest absolute Gasteiger partial charge is 0.233 e. The number of benzene rings is 1. The molecule has 21 heavy (non-hydrogen) atoms. The van der Waals surface area contributed by atoms with Crippen molar-refractivity contribution in [1.82, 2.24) is 4.98 Å². The van der Waals surface area contributed by atoms with Crippen molar-refractivity contribution in [2.45, 2.75) is 13.3 Å². The number of hydrogen-bond acceptors (Lipinski definition) is 4. The first-order valence-corrected chi connectivity index (χ1v) is 8.13. The predicted octanol–water partition coefficient (Wildman–Crippen LogP) is 2.27. The van der Waals surface area contributed by atoms with Crippen LogP contribution in [0, 0.1) is 0 Å². The zero-order valence-corrected chi connectivity index (χ0v) is 12.4. The molecule has 1 heterocycles. The summed E-state index contributed by atoms with van der Waals surface area (Å²) in [7, 11) is -3.48. The molecule has 0 aliphatic carbocycles. The lowest BCUT2D eigenvalue weighted by atomic mass is 10.1. The second-order valence-corrected chi connectivity index (χ2v) is 6.47. The second-order valence-electron chi connectivity index (χ2n) is 4.63. The summed E-state index contributed by atoms with van der Waals surface area (Å²) in [4.78, 5) is 15.4. The van der Waals surface area contributed by atoms with Gasteiger partial charge in [-0.1, -0.05) is 18.2 Å². The molecule has 0 fully saturated rings. The van der Waals surface area contributed by atoms with E-state index in [1.54, 1.807) is 36.5 Å². The number of ketones is 1. The standard InChI is InChI=1S/C15H16N2O3S/c1-12(18)13-5-4-7-15(11-13)17-21(19,20)10-8-14-6-2-3-9-16-14/h2-7,9,11,17H,8,10H2,1H3. The number of aryl methyl sites for hydroxylation is 1. The molecule has 0 atom stereocenters. The van der Waals surface area contributed by atoms with Gasteiger partial charge in [-0.15, -0.1) is 0 Å². The van der Waals surface area contributed by atoms with Crippen LogP contribution in [0.1, 0.15) is 23.0 Å². The Morgan fingerprint density at radius 3 is 2.67 bits per heavy atom. The number of nitrogens with one attached hydrogen (secondary N) is 1. The van der Waals surface area contributed by atoms with Gasteiger partial charge in [0.2, 0.25) is 10.0 Å². The van der Waals surface area contributed by atoms with E-state index in [2.05, 4.69) is 9.71 Å². The molecule has 0 spiro atoms. The maximum atomic E-state index is 12.0. The summed E-state index contributed by atoms with van der Waals surface area (Å²) in [6.07, 6.45) is 1.97. The van der Waals surface area contributed by atoms with Crippen LogP contribution in [0.15, 0.2) is 48.7 Å². The molecular formula is C15H16N2O3S. The van der Waals surface area contributed by atoms with E-state index in [1.807, 2.05) is 6.07 Å². The molecular weight excluding hydrogens is 288 g/mol. The SMILES string of the molecule is CC(=O)c1cccc(NS(=O)(=O)CCc2ccccn2)c1. The van der Waals surface area contributed by atoms with Gasteiger partial charge >= 0.3 is 0 Å². The first kappa shape index (κ1) is 15.2. The van der Waals surface area contributed by atoms with Crippen LogP contribution >= 0.6 is 0 Å². The molecule has 0 bridgehead atoms. The van der Waals surface area contributed by atoms with Crippen LogP contribution in [0.4, 0.5) is 5.69 Å². The summed E-state index contributed by atoms with van der Waals surface area (Å²) >= 11 is 0. The summed E-state index contributed by atoms with van der Waals surface area (Å²) in [5.74, 6) is -0.168. The number of aromatic nitrogens is 1. The van der Waals surface area contributed by atoms with Gasteiger partial charge in [0.05, 0.1) is 5.75 Å². The number of carbonyl (C=O) groups is 1. The van der Waals surface area contributed by atoms with Gasteiger partial charge in [-0.05, 0) is 31.2 Å². The van der Waals surface area contributed by atoms with Crippen LogP contribution in [-0.2, 0) is 16.4 Å². The maximum Gasteiger partial charge on any atom is 0.233 e. The van der Waals surface area contributed by atoms with Gasteiger partial charge in [0.15, 0.2) is 5.78 Å². The Bertz CT molecular complexity index is 728. The quantitative estimate of drug-likeness (QED) is 0.831. The summed E-state index contributed by atoms with van der Waals surface area (Å²) < 4.78 is 26.5. The van der Waals surface area contributed by atoms with Gasteiger partial charge < -0.3 is 0 Å². The molecule has 2 rings (SSSR count). The summed E-state index contributed by atoms with van der Waals surface area (Å²) in [5.41, 5.74) is 1.59. The number of anilines is 1. The third kappa shape index (κ3) is 4.68. The molecule has 110 valence electrons. The van der Waals surface area contributed by atoms with Crippen LogP contribution in [0.2, 0.25) is 0 Å². The average Bonchev–Trinajstić information content (AvgIpc) is 2.46. The number of Topliss-reactive ketones (excluding diaryl/α,β-unsaturated/α-hetero) is 1. The van der Waals surface area contributed by atoms with Crippen molar-refractivity contribution in [1.29, 1.82) is 0 Å². The Morgan fingerprint density at radius 2 is 2.00 bits per heavy atom. The normalized spacial score (nSPS) is 11.1. The molecule has 0 unspecified atom stereocenters. The van der Waals surface area contributed by atoms with Crippen LogP contribution in [0.3, 0.4) is 0 Å². The minimum Gasteiger partial charge on any atom is -0.295 e. The van der Waals surface area contributed by atoms with E-state index in [1.165, 1.54) is 13.0 Å². The molecule has 1 aromatic carbocycles. The van der Waals surface area contributed by atoms with E-state index in [0.29, 0.717) is 17.7 Å². The zero-order chi connectivity index (χ0) is 15.3. The molecule has 0 saturated carbocycles. The highest BCUT2D eigenvalue weighted by molar-refractivity contribution is 7.92. The number of hydrogen-bond donors (Lipinski definition) is 1. The van der Waals surface area contributed by atoms with Crippen molar-refractivity contribution in [3.05, 3.63) is 59.9 Å². The largest absolute Gasteiger partial charge is 0.295 e. The minimum absolute atomic E-state index is 0.0612. The van der Waals surface area contributed by atoms with Gasteiger partial charge in [0.25, 0.3) is 0 Å². The van der Waals surface area contributed by atoms with Gasteiger partial charge in [-0.3, -0.25) is 14.5 Å². The molecule has 1 aromatic heterocycles. The van der Waals surface area contributed by atoms with Crippen molar-refractivity contribution in [2.24, 2.45) is 0 Å². The lowest BCUT2D eigenvalue weighted by Gasteiger charge is -2.08. The zero-order valence-electron chi connectivity index (χ0n) is 11.6. The fraction of sp³-hybridized carbons (Fsp3) is 0.200. The van der Waals surface area contributed by atoms with Crippen molar-refractivity contribution in [3.63, 3.8) is 0 Å². The topological polar surface area (TPSA) is 76.1 Å². The molecule has 6 heteroatoms. The third-order valence-electron chi connectivity index (χ3n) is 2.90. The molecule has 0 aliphatic heterocycles. The lowest BCUT2D eigenvalue weighted by molar-refractivity contribution is 0.101. The van der Waals surface area contributed by atoms with Crippen molar-refractivity contribution in [3.8, 4) is 0 Å². The van der Waals surface area contributed by atoms with Crippen LogP contribution in [-0.4, -0.2) is 24.9 Å². The molecule has 2 aromatic rings. The number of pyridine rings is 1. The third-order valence-corrected chi connectivity index (χ3v) is 4.18. The average molecular weight is 304 g/mol. The summed E-state index contributed by atoms with van der Waals surface area (Å²) in [6.45, 7) is 1.44. The molecule has 0 amide bonds. The Labute approximate surface area is 124 Å². The van der Waals surface area contributed by atoms with Crippen LogP contribution < -0.4 is 4.72 Å². The van der Waals surface area contributed by atoms with Gasteiger partial charge in [-0.2, -0.15) is 0 Å². The maximum absolute atomic E-state index is 12.0. The highest BCUT2D eigenvalue weighted by atomic mass is 32.2. The van der Waals surface area contributed by atoms with E-state index < -0.39 is 10.0 Å². The Morgan fingerprint density at radius 1 is 1.19 bits per heavy atom. The second kappa shape index (κ2) is 6.49. The minimum atomic E-state index is -3.48. The first-order valence-electron chi connectivity index (χ1n) is 6.48. The Kier molecular flexibility index (Phi) is 4.70. The number of carbonyl (C=O) groups excluding carboxylic acids is 1. The van der Waals surface area contributed by atoms with Crippen molar-refractivity contribution in [2.75, 3.05) is 10.5 Å². The van der Waals surface area contributed by atoms with E-state index in [9.17, 15) is 13.2 Å². The van der Waals surface area contributed by atoms with E-state index in [-0.39, 0.29) is 11.5 Å². The van der Waals surface area contributed by atoms with E-state index in [4.69, 9.17) is 0 Å². The Balaban J connectivity index is 2.04. The number of nitrogens with zero attached hydrogens (tertiary/aromatic N) is 1. The van der Waals surface area contributed by atoms with E-state index >= 15 is 0 Å². The van der Waals surface area contributed by atoms with Gasteiger partial charge in [-0.25, -0.2) is 8.42 Å². The van der Waals surface area contributed by atoms with E-state index in [0.717, 1.165) is 5.69 Å². The van der Waals surface area contributed by atoms with Crippen molar-refractivity contribution < 1.29 is 13.2 Å². The highest BCUT2D eigenvalue weighted by Gasteiger charge is 2.12. The lowest BCUT2D eigenvalue weighted by Crippen LogP contribution is -2.18.